The van der Waals surface area contributed by atoms with E-state index in [1.807, 2.05) is 20.8 Å². The van der Waals surface area contributed by atoms with E-state index in [2.05, 4.69) is 25.6 Å². The van der Waals surface area contributed by atoms with E-state index in [9.17, 15) is 25.9 Å². The molecule has 0 saturated heterocycles. The monoisotopic (exact) mass is 550 g/mol. The first-order chi connectivity index (χ1) is 12.6. The molecule has 1 aromatic heterocycles. The van der Waals surface area contributed by atoms with Gasteiger partial charge in [-0.15, -0.1) is 5.10 Å². The molecular formula is C11H19N3Na3O12S3-. The molecule has 1 N–H and O–H groups in total. The Morgan fingerprint density at radius 3 is 1.56 bits per heavy atom. The fourth-order valence-corrected chi connectivity index (χ4v) is 2.38. The Hall–Kier alpha value is 1.75. The maximum Gasteiger partial charge on any atom is 1.00 e. The third-order valence-electron chi connectivity index (χ3n) is 2.82. The minimum absolute atomic E-state index is 0. The molecule has 0 aliphatic rings. The fourth-order valence-electron chi connectivity index (χ4n) is 1.59. The van der Waals surface area contributed by atoms with Crippen molar-refractivity contribution in [1.29, 1.82) is 0 Å². The summed E-state index contributed by atoms with van der Waals surface area (Å²) >= 11 is 0. The molecule has 0 radical (unpaired) electrons. The molecule has 1 aromatic rings. The fraction of sp³-hybridized carbons (Fsp3) is 0.727. The molecule has 15 nitrogen and oxygen atoms in total. The standard InChI is InChI=1S/C11H20N3O8S2.3Na.H2O4S/c1-10(2,3)9-5-14(13-12-9)6-11(4,7-21-23(15,16)17)8-22-24(18,19)20;;;;1-5(2,3)4/h5H,4,6-8H2,1-3H3,(H,15,16,17)(H,18,19,20);;;;(H2,1,2,3,4)/q-1;3*+1;/p-3. The Labute approximate surface area is 253 Å². The van der Waals surface area contributed by atoms with E-state index in [0.717, 1.165) is 0 Å². The van der Waals surface area contributed by atoms with Gasteiger partial charge in [-0.1, -0.05) is 31.4 Å². The van der Waals surface area contributed by atoms with Crippen LogP contribution in [0.25, 0.3) is 0 Å². The van der Waals surface area contributed by atoms with E-state index in [0.29, 0.717) is 5.69 Å². The van der Waals surface area contributed by atoms with Crippen LogP contribution in [0.2, 0.25) is 0 Å². The van der Waals surface area contributed by atoms with Gasteiger partial charge in [0.2, 0.25) is 31.2 Å². The van der Waals surface area contributed by atoms with E-state index in [1.54, 1.807) is 0 Å². The molecule has 172 valence electrons. The zero-order chi connectivity index (χ0) is 23.3. The Morgan fingerprint density at radius 2 is 1.31 bits per heavy atom. The van der Waals surface area contributed by atoms with Crippen LogP contribution < -0.4 is 88.7 Å². The number of nitrogens with zero attached hydrogens (tertiary/aromatic N) is 3. The maximum atomic E-state index is 10.6. The number of hydrogen-bond acceptors (Lipinski definition) is 13. The summed E-state index contributed by atoms with van der Waals surface area (Å²) in [5.74, 6) is 0. The molecule has 21 heteroatoms. The molecule has 0 spiro atoms. The van der Waals surface area contributed by atoms with E-state index in [-0.39, 0.29) is 101 Å². The van der Waals surface area contributed by atoms with E-state index >= 15 is 0 Å². The summed E-state index contributed by atoms with van der Waals surface area (Å²) in [5, 5.41) is 7.75. The Balaban J connectivity index is -0.000000441. The minimum atomic E-state index is -5.04. The van der Waals surface area contributed by atoms with Crippen molar-refractivity contribution >= 4 is 31.2 Å². The van der Waals surface area contributed by atoms with E-state index < -0.39 is 49.8 Å². The van der Waals surface area contributed by atoms with E-state index in [4.69, 9.17) is 17.5 Å². The Bertz CT molecular complexity index is 946. The van der Waals surface area contributed by atoms with Crippen molar-refractivity contribution in [2.45, 2.75) is 32.7 Å². The van der Waals surface area contributed by atoms with Crippen molar-refractivity contribution < 1.29 is 141 Å². The van der Waals surface area contributed by atoms with Gasteiger partial charge in [0.15, 0.2) is 0 Å². The van der Waals surface area contributed by atoms with Crippen molar-refractivity contribution in [2.75, 3.05) is 13.2 Å². The summed E-state index contributed by atoms with van der Waals surface area (Å²) in [5.41, 5.74) is -1.29. The summed E-state index contributed by atoms with van der Waals surface area (Å²) in [6.07, 6.45) is 1.54. The van der Waals surface area contributed by atoms with Crippen molar-refractivity contribution in [3.63, 3.8) is 0 Å². The van der Waals surface area contributed by atoms with Gasteiger partial charge in [0.05, 0.1) is 5.69 Å². The van der Waals surface area contributed by atoms with Crippen molar-refractivity contribution in [2.24, 2.45) is 5.41 Å². The first-order valence-corrected chi connectivity index (χ1v) is 11.3. The first-order valence-electron chi connectivity index (χ1n) is 7.24. The van der Waals surface area contributed by atoms with Gasteiger partial charge in [-0.25, -0.2) is 25.3 Å². The van der Waals surface area contributed by atoms with Crippen LogP contribution in [0.5, 0.6) is 0 Å². The number of hydrogen-bond donors (Lipinski definition) is 1. The molecule has 0 saturated carbocycles. The first kappa shape index (κ1) is 40.9. The summed E-state index contributed by atoms with van der Waals surface area (Å²) in [6, 6.07) is 0. The third kappa shape index (κ3) is 23.5. The molecule has 0 atom stereocenters. The Morgan fingerprint density at radius 1 is 0.969 bits per heavy atom. The average molecular weight is 550 g/mol. The largest absolute Gasteiger partial charge is 1.00 e. The van der Waals surface area contributed by atoms with Gasteiger partial charge in [-0.05, 0) is 0 Å². The zero-order valence-electron chi connectivity index (χ0n) is 18.4. The smallest absolute Gasteiger partial charge is 0.726 e. The topological polar surface area (TPSA) is 241 Å². The van der Waals surface area contributed by atoms with Crippen LogP contribution in [0.4, 0.5) is 0 Å². The van der Waals surface area contributed by atoms with Gasteiger partial charge in [0, 0.05) is 31.4 Å². The third-order valence-corrected chi connectivity index (χ3v) is 3.64. The van der Waals surface area contributed by atoms with Crippen LogP contribution in [-0.2, 0) is 51.5 Å². The van der Waals surface area contributed by atoms with Crippen molar-refractivity contribution in [3.05, 3.63) is 18.8 Å². The van der Waals surface area contributed by atoms with Crippen molar-refractivity contribution in [1.82, 2.24) is 15.0 Å². The van der Waals surface area contributed by atoms with Crippen LogP contribution in [0, 0.1) is 12.3 Å². The minimum Gasteiger partial charge on any atom is -0.726 e. The van der Waals surface area contributed by atoms with Gasteiger partial charge in [0.1, 0.15) is 0 Å². The second-order valence-electron chi connectivity index (χ2n) is 6.82. The number of aromatic nitrogens is 3. The molecule has 0 aromatic carbocycles. The van der Waals surface area contributed by atoms with Gasteiger partial charge >= 0.3 is 88.7 Å². The normalized spacial score (nSPS) is 12.4. The SMILES string of the molecule is O=S(=O)([O-])O.[CH2-]C(COS(=O)(=O)[O-])(COS(=O)(=O)[O-])Cn1cc(C(C)(C)C)nn1.[Na+].[Na+].[Na+]. The van der Waals surface area contributed by atoms with Gasteiger partial charge in [0.25, 0.3) is 0 Å². The predicted molar refractivity (Wildman–Crippen MR) is 90.1 cm³/mol. The summed E-state index contributed by atoms with van der Waals surface area (Å²) in [4.78, 5) is 0. The summed E-state index contributed by atoms with van der Waals surface area (Å²) < 4.78 is 106. The molecule has 0 fully saturated rings. The Kier molecular flexibility index (Phi) is 20.2. The van der Waals surface area contributed by atoms with Crippen LogP contribution in [0.1, 0.15) is 26.5 Å². The predicted octanol–water partition coefficient (Wildman–Crippen LogP) is -10.6. The molecule has 32 heavy (non-hydrogen) atoms. The van der Waals surface area contributed by atoms with Gasteiger partial charge in [-0.3, -0.25) is 17.6 Å². The summed E-state index contributed by atoms with van der Waals surface area (Å²) in [7, 11) is -15.0. The summed E-state index contributed by atoms with van der Waals surface area (Å²) in [6.45, 7) is 7.44. The molecular weight excluding hydrogens is 531 g/mol. The maximum absolute atomic E-state index is 10.6. The second-order valence-corrected chi connectivity index (χ2v) is 9.78. The van der Waals surface area contributed by atoms with Gasteiger partial charge < -0.3 is 20.6 Å². The van der Waals surface area contributed by atoms with Crippen molar-refractivity contribution in [3.8, 4) is 0 Å². The van der Waals surface area contributed by atoms with Gasteiger partial charge in [-0.2, -0.15) is 0 Å². The van der Waals surface area contributed by atoms with E-state index in [1.165, 1.54) is 10.9 Å². The van der Waals surface area contributed by atoms with Crippen LogP contribution in [0.15, 0.2) is 6.20 Å². The molecule has 0 unspecified atom stereocenters. The molecule has 0 amide bonds. The molecule has 1 heterocycles. The molecule has 0 bridgehead atoms. The average Bonchev–Trinajstić information content (AvgIpc) is 2.88. The van der Waals surface area contributed by atoms with Crippen LogP contribution in [-0.4, -0.2) is 71.7 Å². The molecule has 1 rings (SSSR count). The second kappa shape index (κ2) is 15.8. The quantitative estimate of drug-likeness (QED) is 0.137. The van der Waals surface area contributed by atoms with Crippen LogP contribution >= 0.6 is 0 Å². The molecule has 0 aliphatic carbocycles. The molecule has 0 aliphatic heterocycles. The number of rotatable bonds is 8. The van der Waals surface area contributed by atoms with Crippen LogP contribution in [0.3, 0.4) is 0 Å². The zero-order valence-corrected chi connectivity index (χ0v) is 26.9.